The van der Waals surface area contributed by atoms with Crippen molar-refractivity contribution in [2.45, 2.75) is 52.7 Å². The van der Waals surface area contributed by atoms with Gasteiger partial charge in [-0.15, -0.1) is 0 Å². The van der Waals surface area contributed by atoms with Crippen molar-refractivity contribution in [2.24, 2.45) is 11.7 Å². The fourth-order valence-electron chi connectivity index (χ4n) is 3.23. The van der Waals surface area contributed by atoms with E-state index in [1.165, 1.54) is 22.3 Å². The van der Waals surface area contributed by atoms with E-state index < -0.39 is 0 Å². The van der Waals surface area contributed by atoms with Crippen LogP contribution in [-0.4, -0.2) is 18.8 Å². The van der Waals surface area contributed by atoms with Gasteiger partial charge in [-0.1, -0.05) is 17.7 Å². The molecule has 3 unspecified atom stereocenters. The summed E-state index contributed by atoms with van der Waals surface area (Å²) in [5, 5.41) is 0. The number of hydrogen-bond donors (Lipinski definition) is 1. The van der Waals surface area contributed by atoms with Crippen LogP contribution in [0.5, 0.6) is 0 Å². The van der Waals surface area contributed by atoms with Gasteiger partial charge in [-0.2, -0.15) is 0 Å². The van der Waals surface area contributed by atoms with Crippen LogP contribution in [0.4, 0.5) is 0 Å². The van der Waals surface area contributed by atoms with Crippen LogP contribution >= 0.6 is 0 Å². The Kier molecular flexibility index (Phi) is 4.08. The second-order valence-electron chi connectivity index (χ2n) is 5.77. The molecule has 0 amide bonds. The molecular weight excluding hydrogens is 222 g/mol. The highest BCUT2D eigenvalue weighted by molar-refractivity contribution is 5.38. The van der Waals surface area contributed by atoms with Gasteiger partial charge in [0.1, 0.15) is 0 Å². The summed E-state index contributed by atoms with van der Waals surface area (Å²) in [6.45, 7) is 9.54. The third-order valence-electron chi connectivity index (χ3n) is 4.27. The fraction of sp³-hybridized carbons (Fsp3) is 0.625. The van der Waals surface area contributed by atoms with Crippen LogP contribution in [0.2, 0.25) is 0 Å². The Morgan fingerprint density at radius 1 is 1.28 bits per heavy atom. The van der Waals surface area contributed by atoms with Crippen LogP contribution in [0.1, 0.15) is 35.6 Å². The minimum atomic E-state index is 0.211. The Balaban J connectivity index is 2.14. The van der Waals surface area contributed by atoms with Crippen molar-refractivity contribution < 1.29 is 4.74 Å². The van der Waals surface area contributed by atoms with E-state index in [9.17, 15) is 0 Å². The molecule has 100 valence electrons. The Bertz CT molecular complexity index is 404. The molecule has 1 aliphatic heterocycles. The lowest BCUT2D eigenvalue weighted by atomic mass is 9.86. The molecule has 1 fully saturated rings. The summed E-state index contributed by atoms with van der Waals surface area (Å²) in [6, 6.07) is 4.72. The minimum absolute atomic E-state index is 0.211. The Labute approximate surface area is 111 Å². The molecule has 1 heterocycles. The third kappa shape index (κ3) is 2.76. The van der Waals surface area contributed by atoms with Gasteiger partial charge in [0, 0.05) is 18.6 Å². The van der Waals surface area contributed by atoms with Gasteiger partial charge in [0.2, 0.25) is 0 Å². The zero-order chi connectivity index (χ0) is 13.3. The van der Waals surface area contributed by atoms with Crippen LogP contribution < -0.4 is 5.73 Å². The highest BCUT2D eigenvalue weighted by Gasteiger charge is 2.30. The number of rotatable bonds is 3. The average Bonchev–Trinajstić information content (AvgIpc) is 2.69. The summed E-state index contributed by atoms with van der Waals surface area (Å²) in [5.41, 5.74) is 11.9. The summed E-state index contributed by atoms with van der Waals surface area (Å²) in [4.78, 5) is 0. The molecule has 0 spiro atoms. The molecule has 1 aromatic carbocycles. The molecular formula is C16H25NO. The van der Waals surface area contributed by atoms with Gasteiger partial charge in [-0.3, -0.25) is 0 Å². The standard InChI is InChI=1S/C16H25NO/c1-10-7-11(2)15(12(3)8-10)9-16(17)14-5-6-18-13(14)4/h7-8,13-14,16H,5-6,9,17H2,1-4H3. The number of ether oxygens (including phenoxy) is 1. The summed E-state index contributed by atoms with van der Waals surface area (Å²) >= 11 is 0. The summed E-state index contributed by atoms with van der Waals surface area (Å²) in [7, 11) is 0. The van der Waals surface area contributed by atoms with E-state index in [4.69, 9.17) is 10.5 Å². The van der Waals surface area contributed by atoms with E-state index in [2.05, 4.69) is 39.8 Å². The first-order valence-electron chi connectivity index (χ1n) is 6.93. The molecule has 0 aliphatic carbocycles. The lowest BCUT2D eigenvalue weighted by molar-refractivity contribution is 0.0994. The first kappa shape index (κ1) is 13.6. The Morgan fingerprint density at radius 3 is 2.39 bits per heavy atom. The maximum atomic E-state index is 6.40. The largest absolute Gasteiger partial charge is 0.378 e. The molecule has 0 bridgehead atoms. The van der Waals surface area contributed by atoms with Gasteiger partial charge in [-0.05, 0) is 57.2 Å². The zero-order valence-electron chi connectivity index (χ0n) is 12.0. The molecule has 0 radical (unpaired) electrons. The topological polar surface area (TPSA) is 35.2 Å². The molecule has 2 rings (SSSR count). The summed E-state index contributed by atoms with van der Waals surface area (Å²) in [5.74, 6) is 0.505. The second kappa shape index (κ2) is 5.41. The molecule has 18 heavy (non-hydrogen) atoms. The average molecular weight is 247 g/mol. The molecule has 0 aromatic heterocycles. The van der Waals surface area contributed by atoms with E-state index in [-0.39, 0.29) is 6.04 Å². The van der Waals surface area contributed by atoms with Crippen molar-refractivity contribution in [3.05, 3.63) is 34.4 Å². The number of aryl methyl sites for hydroxylation is 3. The maximum absolute atomic E-state index is 6.40. The molecule has 1 aliphatic rings. The maximum Gasteiger partial charge on any atom is 0.0590 e. The molecule has 2 heteroatoms. The van der Waals surface area contributed by atoms with Crippen LogP contribution in [0.15, 0.2) is 12.1 Å². The van der Waals surface area contributed by atoms with Crippen molar-refractivity contribution in [3.63, 3.8) is 0 Å². The van der Waals surface area contributed by atoms with E-state index in [0.717, 1.165) is 19.4 Å². The molecule has 1 saturated heterocycles. The first-order chi connectivity index (χ1) is 8.49. The zero-order valence-corrected chi connectivity index (χ0v) is 12.0. The van der Waals surface area contributed by atoms with E-state index in [0.29, 0.717) is 12.0 Å². The molecule has 0 saturated carbocycles. The summed E-state index contributed by atoms with van der Waals surface area (Å²) < 4.78 is 5.62. The van der Waals surface area contributed by atoms with Crippen LogP contribution in [-0.2, 0) is 11.2 Å². The highest BCUT2D eigenvalue weighted by atomic mass is 16.5. The van der Waals surface area contributed by atoms with Gasteiger partial charge >= 0.3 is 0 Å². The molecule has 2 N–H and O–H groups in total. The van der Waals surface area contributed by atoms with E-state index >= 15 is 0 Å². The predicted molar refractivity (Wildman–Crippen MR) is 75.9 cm³/mol. The third-order valence-corrected chi connectivity index (χ3v) is 4.27. The van der Waals surface area contributed by atoms with Gasteiger partial charge in [-0.25, -0.2) is 0 Å². The highest BCUT2D eigenvalue weighted by Crippen LogP contribution is 2.26. The van der Waals surface area contributed by atoms with Crippen molar-refractivity contribution in [1.29, 1.82) is 0 Å². The normalized spacial score (nSPS) is 25.4. The van der Waals surface area contributed by atoms with Crippen LogP contribution in [0.3, 0.4) is 0 Å². The Hall–Kier alpha value is -0.860. The van der Waals surface area contributed by atoms with Crippen LogP contribution in [0.25, 0.3) is 0 Å². The van der Waals surface area contributed by atoms with Gasteiger partial charge in [0.25, 0.3) is 0 Å². The Morgan fingerprint density at radius 2 is 1.89 bits per heavy atom. The van der Waals surface area contributed by atoms with Crippen molar-refractivity contribution in [1.82, 2.24) is 0 Å². The number of nitrogens with two attached hydrogens (primary N) is 1. The quantitative estimate of drug-likeness (QED) is 0.891. The second-order valence-corrected chi connectivity index (χ2v) is 5.77. The van der Waals surface area contributed by atoms with E-state index in [1.54, 1.807) is 0 Å². The van der Waals surface area contributed by atoms with Gasteiger partial charge in [0.15, 0.2) is 0 Å². The first-order valence-corrected chi connectivity index (χ1v) is 6.93. The molecule has 1 aromatic rings. The lowest BCUT2D eigenvalue weighted by Crippen LogP contribution is -2.36. The smallest absolute Gasteiger partial charge is 0.0590 e. The monoisotopic (exact) mass is 247 g/mol. The fourth-order valence-corrected chi connectivity index (χ4v) is 3.23. The van der Waals surface area contributed by atoms with Crippen LogP contribution in [0, 0.1) is 26.7 Å². The van der Waals surface area contributed by atoms with Crippen molar-refractivity contribution >= 4 is 0 Å². The van der Waals surface area contributed by atoms with Gasteiger partial charge < -0.3 is 10.5 Å². The van der Waals surface area contributed by atoms with Crippen molar-refractivity contribution in [3.8, 4) is 0 Å². The number of benzene rings is 1. The SMILES string of the molecule is Cc1cc(C)c(CC(N)C2CCOC2C)c(C)c1. The molecule has 3 atom stereocenters. The van der Waals surface area contributed by atoms with E-state index in [1.807, 2.05) is 0 Å². The van der Waals surface area contributed by atoms with Gasteiger partial charge in [0.05, 0.1) is 6.10 Å². The van der Waals surface area contributed by atoms with Crippen molar-refractivity contribution in [2.75, 3.05) is 6.61 Å². The predicted octanol–water partition coefficient (Wildman–Crippen LogP) is 2.91. The number of hydrogen-bond acceptors (Lipinski definition) is 2. The lowest BCUT2D eigenvalue weighted by Gasteiger charge is -2.23. The minimum Gasteiger partial charge on any atom is -0.378 e. The summed E-state index contributed by atoms with van der Waals surface area (Å²) in [6.07, 6.45) is 2.38. The molecule has 2 nitrogen and oxygen atoms in total.